The first kappa shape index (κ1) is 28.9. The molecule has 0 aromatic carbocycles. The predicted molar refractivity (Wildman–Crippen MR) is 144 cm³/mol. The van der Waals surface area contributed by atoms with Gasteiger partial charge in [0.1, 0.15) is 35.1 Å². The van der Waals surface area contributed by atoms with Gasteiger partial charge in [0.25, 0.3) is 0 Å². The lowest BCUT2D eigenvalue weighted by Crippen LogP contribution is -2.65. The van der Waals surface area contributed by atoms with E-state index in [1.54, 1.807) is 6.92 Å². The second kappa shape index (κ2) is 7.86. The first-order valence-electron chi connectivity index (χ1n) is 15.5. The molecular formula is C31H39NO12. The molecule has 2 saturated carbocycles. The van der Waals surface area contributed by atoms with Gasteiger partial charge in [0.2, 0.25) is 11.7 Å². The van der Waals surface area contributed by atoms with Crippen LogP contribution >= 0.6 is 0 Å². The quantitative estimate of drug-likeness (QED) is 0.299. The summed E-state index contributed by atoms with van der Waals surface area (Å²) in [4.78, 5) is 52.7. The topological polar surface area (TPSA) is 187 Å². The highest BCUT2D eigenvalue weighted by Gasteiger charge is 2.84. The van der Waals surface area contributed by atoms with Crippen LogP contribution < -0.4 is 5.32 Å². The van der Waals surface area contributed by atoms with Crippen molar-refractivity contribution in [1.29, 1.82) is 0 Å². The number of aliphatic hydroxyl groups excluding tert-OH is 1. The molecule has 2 bridgehead atoms. The Balaban J connectivity index is 1.39. The fraction of sp³-hybridized carbons (Fsp3) is 0.806. The number of hydrogen-bond donors (Lipinski definition) is 4. The van der Waals surface area contributed by atoms with Gasteiger partial charge in [-0.15, -0.1) is 0 Å². The molecule has 2 aliphatic carbocycles. The molecule has 13 atom stereocenters. The number of amides is 1. The summed E-state index contributed by atoms with van der Waals surface area (Å²) in [5.74, 6) is -7.28. The zero-order valence-corrected chi connectivity index (χ0v) is 25.6. The number of rotatable bonds is 1. The Labute approximate surface area is 253 Å². The van der Waals surface area contributed by atoms with Gasteiger partial charge in [0, 0.05) is 42.1 Å². The van der Waals surface area contributed by atoms with Gasteiger partial charge in [-0.3, -0.25) is 14.4 Å². The molecule has 0 aromatic rings. The van der Waals surface area contributed by atoms with Crippen molar-refractivity contribution in [3.05, 3.63) is 11.3 Å². The summed E-state index contributed by atoms with van der Waals surface area (Å²) in [6.07, 6.45) is -2.56. The van der Waals surface area contributed by atoms with E-state index < -0.39 is 99.0 Å². The summed E-state index contributed by atoms with van der Waals surface area (Å²) >= 11 is 0. The van der Waals surface area contributed by atoms with Crippen molar-refractivity contribution >= 4 is 23.6 Å². The van der Waals surface area contributed by atoms with E-state index in [9.17, 15) is 34.5 Å². The average molecular weight is 618 g/mol. The van der Waals surface area contributed by atoms with Crippen LogP contribution in [-0.4, -0.2) is 97.1 Å². The number of Topliss-reactive ketones (excluding diaryl/α,β-unsaturated/α-hetero) is 1. The number of carbonyl (C=O) groups is 4. The number of nitrogens with one attached hydrogen (secondary N) is 1. The van der Waals surface area contributed by atoms with Crippen molar-refractivity contribution in [2.24, 2.45) is 23.2 Å². The van der Waals surface area contributed by atoms with E-state index in [-0.39, 0.29) is 43.8 Å². The van der Waals surface area contributed by atoms with Crippen molar-refractivity contribution in [3.8, 4) is 0 Å². The van der Waals surface area contributed by atoms with Crippen molar-refractivity contribution in [1.82, 2.24) is 5.32 Å². The smallest absolute Gasteiger partial charge is 0.341 e. The monoisotopic (exact) mass is 617 g/mol. The third kappa shape index (κ3) is 2.99. The van der Waals surface area contributed by atoms with Crippen molar-refractivity contribution in [2.45, 2.75) is 132 Å². The van der Waals surface area contributed by atoms with Crippen molar-refractivity contribution in [2.75, 3.05) is 0 Å². The van der Waals surface area contributed by atoms with Crippen LogP contribution in [0.3, 0.4) is 0 Å². The molecule has 0 aromatic heterocycles. The van der Waals surface area contributed by atoms with Gasteiger partial charge in [-0.25, -0.2) is 4.79 Å². The van der Waals surface area contributed by atoms with Crippen LogP contribution in [0.25, 0.3) is 0 Å². The van der Waals surface area contributed by atoms with Gasteiger partial charge in [-0.05, 0) is 47.0 Å². The van der Waals surface area contributed by atoms with Crippen LogP contribution in [0.4, 0.5) is 0 Å². The van der Waals surface area contributed by atoms with Gasteiger partial charge in [0.05, 0.1) is 18.1 Å². The Morgan fingerprint density at radius 1 is 1.00 bits per heavy atom. The summed E-state index contributed by atoms with van der Waals surface area (Å²) in [7, 11) is 0. The van der Waals surface area contributed by atoms with E-state index >= 15 is 0 Å². The average Bonchev–Trinajstić information content (AvgIpc) is 3.46. The fourth-order valence-electron chi connectivity index (χ4n) is 11.0. The maximum atomic E-state index is 14.2. The lowest BCUT2D eigenvalue weighted by molar-refractivity contribution is -0.356. The standard InChI is InChI=1S/C31H39NO12/c1-12(33)32-13-9-14-25(2,3)41-15-10-16(34)42-30(14,15)11-29-8-7-26(4)20-18(27(5,38)23(26)36)19-22(28(6,39)24(37)40-19)43-31(20,44-29)21(35)17(13)29/h13-15,18-20,22,35,38-39H,7-11H2,1-6H3,(H,32,33)/t13-,14-,15+,18+,19+,20-,22-,26-,27+,28+,29-,30+,31-/m0/s1. The van der Waals surface area contributed by atoms with Crippen molar-refractivity contribution < 1.29 is 58.2 Å². The molecule has 13 nitrogen and oxygen atoms in total. The number of esters is 2. The van der Waals surface area contributed by atoms with E-state index in [0.717, 1.165) is 0 Å². The second-order valence-corrected chi connectivity index (χ2v) is 15.5. The largest absolute Gasteiger partial charge is 0.507 e. The molecule has 4 N–H and O–H groups in total. The minimum atomic E-state index is -2.18. The summed E-state index contributed by atoms with van der Waals surface area (Å²) in [6, 6.07) is -0.805. The zero-order valence-electron chi connectivity index (χ0n) is 25.6. The second-order valence-electron chi connectivity index (χ2n) is 15.5. The fourth-order valence-corrected chi connectivity index (χ4v) is 11.0. The molecule has 8 rings (SSSR count). The minimum absolute atomic E-state index is 0.0311. The lowest BCUT2D eigenvalue weighted by atomic mass is 9.63. The number of ether oxygens (including phenoxy) is 5. The number of carbonyl (C=O) groups excluding carboxylic acids is 4. The predicted octanol–water partition coefficient (Wildman–Crippen LogP) is 0.483. The minimum Gasteiger partial charge on any atom is -0.507 e. The van der Waals surface area contributed by atoms with Gasteiger partial charge < -0.3 is 44.3 Å². The third-order valence-corrected chi connectivity index (χ3v) is 12.6. The summed E-state index contributed by atoms with van der Waals surface area (Å²) in [5.41, 5.74) is -8.51. The van der Waals surface area contributed by atoms with Crippen molar-refractivity contribution in [3.63, 3.8) is 0 Å². The summed E-state index contributed by atoms with van der Waals surface area (Å²) in [5, 5.41) is 38.6. The van der Waals surface area contributed by atoms with E-state index in [0.29, 0.717) is 5.57 Å². The molecule has 0 radical (unpaired) electrons. The molecule has 6 heterocycles. The zero-order chi connectivity index (χ0) is 31.8. The first-order valence-corrected chi connectivity index (χ1v) is 15.5. The molecule has 13 heteroatoms. The van der Waals surface area contributed by atoms with Crippen LogP contribution in [-0.2, 0) is 42.9 Å². The normalized spacial score (nSPS) is 56.1. The maximum absolute atomic E-state index is 14.2. The Bertz CT molecular complexity index is 1480. The molecule has 0 unspecified atom stereocenters. The molecule has 5 saturated heterocycles. The molecule has 240 valence electrons. The Hall–Kier alpha value is -2.58. The lowest BCUT2D eigenvalue weighted by Gasteiger charge is -2.51. The highest BCUT2D eigenvalue weighted by atomic mass is 16.8. The van der Waals surface area contributed by atoms with Crippen LogP contribution in [0.1, 0.15) is 73.6 Å². The highest BCUT2D eigenvalue weighted by molar-refractivity contribution is 5.96. The molecule has 6 aliphatic heterocycles. The number of ketones is 1. The van der Waals surface area contributed by atoms with Crippen LogP contribution in [0.5, 0.6) is 0 Å². The van der Waals surface area contributed by atoms with E-state index in [1.807, 2.05) is 13.8 Å². The Morgan fingerprint density at radius 2 is 1.70 bits per heavy atom. The third-order valence-electron chi connectivity index (χ3n) is 12.6. The van der Waals surface area contributed by atoms with Gasteiger partial charge in [-0.2, -0.15) is 0 Å². The SMILES string of the molecule is CC(=O)N[C@H]1C[C@H]2C(C)(C)O[C@@H]3CC(=O)O[C@@]32C[C@]23CC[C@]4(C)C(=O)[C@](C)(O)[C@@H]5[C@H]6OC(=O)[C@](C)(O)[C@H]6O[C@@](O2)(C(O)=C13)[C@@H]54. The van der Waals surface area contributed by atoms with Crippen LogP contribution in [0.15, 0.2) is 11.3 Å². The number of fused-ring (bicyclic) bond motifs is 2. The molecule has 7 fully saturated rings. The first-order chi connectivity index (χ1) is 20.3. The molecule has 8 aliphatic rings. The molecule has 1 amide bonds. The molecule has 44 heavy (non-hydrogen) atoms. The van der Waals surface area contributed by atoms with Crippen LogP contribution in [0, 0.1) is 23.2 Å². The highest BCUT2D eigenvalue weighted by Crippen LogP contribution is 2.72. The Morgan fingerprint density at radius 3 is 2.39 bits per heavy atom. The van der Waals surface area contributed by atoms with E-state index in [4.69, 9.17) is 23.7 Å². The van der Waals surface area contributed by atoms with E-state index in [1.165, 1.54) is 20.8 Å². The number of aliphatic hydroxyl groups is 3. The maximum Gasteiger partial charge on any atom is 0.341 e. The molecular weight excluding hydrogens is 578 g/mol. The van der Waals surface area contributed by atoms with Gasteiger partial charge >= 0.3 is 11.9 Å². The summed E-state index contributed by atoms with van der Waals surface area (Å²) < 4.78 is 31.9. The van der Waals surface area contributed by atoms with Gasteiger partial charge in [0.15, 0.2) is 17.1 Å². The Kier molecular flexibility index (Phi) is 5.15. The molecule has 3 spiro atoms. The van der Waals surface area contributed by atoms with Gasteiger partial charge in [-0.1, -0.05) is 6.92 Å². The van der Waals surface area contributed by atoms with Crippen LogP contribution in [0.2, 0.25) is 0 Å². The van der Waals surface area contributed by atoms with E-state index in [2.05, 4.69) is 5.32 Å². The summed E-state index contributed by atoms with van der Waals surface area (Å²) in [6.45, 7) is 9.50. The number of hydrogen-bond acceptors (Lipinski definition) is 12.